The van der Waals surface area contributed by atoms with Crippen LogP contribution < -0.4 is 0 Å². The number of nitrogens with zero attached hydrogens (tertiary/aromatic N) is 2. The fourth-order valence-corrected chi connectivity index (χ4v) is 9.30. The molecule has 2 heteroatoms. The van der Waals surface area contributed by atoms with Crippen LogP contribution in [0.3, 0.4) is 0 Å². The molecule has 1 aliphatic carbocycles. The van der Waals surface area contributed by atoms with Gasteiger partial charge in [0.1, 0.15) is 0 Å². The van der Waals surface area contributed by atoms with E-state index in [1.807, 2.05) is 12.1 Å². The molecule has 59 heavy (non-hydrogen) atoms. The third-order valence-electron chi connectivity index (χ3n) is 12.0. The third kappa shape index (κ3) is 5.80. The van der Waals surface area contributed by atoms with Crippen LogP contribution >= 0.6 is 0 Å². The second kappa shape index (κ2) is 14.4. The van der Waals surface area contributed by atoms with E-state index in [9.17, 15) is 0 Å². The maximum absolute atomic E-state index is 5.29. The lowest BCUT2D eigenvalue weighted by molar-refractivity contribution is 0.768. The fourth-order valence-electron chi connectivity index (χ4n) is 9.30. The van der Waals surface area contributed by atoms with Gasteiger partial charge >= 0.3 is 0 Å². The van der Waals surface area contributed by atoms with E-state index in [2.05, 4.69) is 218 Å². The van der Waals surface area contributed by atoms with Crippen molar-refractivity contribution in [1.82, 2.24) is 9.97 Å². The first-order valence-electron chi connectivity index (χ1n) is 20.2. The summed E-state index contributed by atoms with van der Waals surface area (Å²) in [6.45, 7) is 0. The molecule has 10 aromatic rings. The third-order valence-corrected chi connectivity index (χ3v) is 12.0. The molecule has 9 aromatic carbocycles. The summed E-state index contributed by atoms with van der Waals surface area (Å²) in [7, 11) is 0. The van der Waals surface area contributed by atoms with Crippen molar-refractivity contribution in [3.8, 4) is 67.3 Å². The van der Waals surface area contributed by atoms with Crippen LogP contribution in [0, 0.1) is 0 Å². The van der Waals surface area contributed by atoms with Crippen LogP contribution in [0.1, 0.15) is 22.3 Å². The van der Waals surface area contributed by atoms with E-state index in [1.165, 1.54) is 55.5 Å². The Morgan fingerprint density at radius 3 is 1.42 bits per heavy atom. The minimum atomic E-state index is -0.429. The highest BCUT2D eigenvalue weighted by molar-refractivity contribution is 6.05. The van der Waals surface area contributed by atoms with Crippen molar-refractivity contribution in [2.24, 2.45) is 0 Å². The van der Waals surface area contributed by atoms with Crippen LogP contribution in [0.25, 0.3) is 78.1 Å². The minimum Gasteiger partial charge on any atom is -0.228 e. The van der Waals surface area contributed by atoms with Gasteiger partial charge in [0.05, 0.1) is 16.8 Å². The molecule has 0 bridgehead atoms. The van der Waals surface area contributed by atoms with Crippen molar-refractivity contribution >= 4 is 10.8 Å². The van der Waals surface area contributed by atoms with Crippen LogP contribution in [0.2, 0.25) is 0 Å². The lowest BCUT2D eigenvalue weighted by Crippen LogP contribution is -2.28. The summed E-state index contributed by atoms with van der Waals surface area (Å²) in [5.74, 6) is 0.701. The molecule has 0 amide bonds. The summed E-state index contributed by atoms with van der Waals surface area (Å²) < 4.78 is 0. The second-order valence-electron chi connectivity index (χ2n) is 15.3. The zero-order chi connectivity index (χ0) is 39.2. The van der Waals surface area contributed by atoms with E-state index in [-0.39, 0.29) is 0 Å². The molecule has 0 fully saturated rings. The molecule has 0 radical (unpaired) electrons. The summed E-state index contributed by atoms with van der Waals surface area (Å²) in [6, 6.07) is 82.9. The van der Waals surface area contributed by atoms with Crippen LogP contribution in [-0.4, -0.2) is 9.97 Å². The van der Waals surface area contributed by atoms with Gasteiger partial charge in [-0.05, 0) is 78.5 Å². The molecule has 0 saturated carbocycles. The lowest BCUT2D eigenvalue weighted by Gasteiger charge is -2.33. The van der Waals surface area contributed by atoms with E-state index >= 15 is 0 Å². The normalized spacial score (nSPS) is 12.5. The predicted molar refractivity (Wildman–Crippen MR) is 244 cm³/mol. The molecular weight excluding hydrogens is 713 g/mol. The fraction of sp³-hybridized carbons (Fsp3) is 0.0175. The molecule has 2 nitrogen and oxygen atoms in total. The second-order valence-corrected chi connectivity index (χ2v) is 15.3. The van der Waals surface area contributed by atoms with Gasteiger partial charge in [-0.3, -0.25) is 0 Å². The highest BCUT2D eigenvalue weighted by Gasteiger charge is 2.46. The van der Waals surface area contributed by atoms with E-state index < -0.39 is 5.41 Å². The molecule has 276 valence electrons. The molecule has 1 heterocycles. The molecule has 11 rings (SSSR count). The summed E-state index contributed by atoms with van der Waals surface area (Å²) in [5.41, 5.74) is 16.9. The summed E-state index contributed by atoms with van der Waals surface area (Å²) >= 11 is 0. The Morgan fingerprint density at radius 2 is 0.746 bits per heavy atom. The van der Waals surface area contributed by atoms with Crippen molar-refractivity contribution in [3.05, 3.63) is 253 Å². The van der Waals surface area contributed by atoms with Crippen molar-refractivity contribution in [2.45, 2.75) is 5.41 Å². The van der Waals surface area contributed by atoms with Crippen LogP contribution in [0.4, 0.5) is 0 Å². The maximum Gasteiger partial charge on any atom is 0.160 e. The van der Waals surface area contributed by atoms with Crippen LogP contribution in [0.15, 0.2) is 231 Å². The van der Waals surface area contributed by atoms with E-state index in [0.29, 0.717) is 5.82 Å². The highest BCUT2D eigenvalue weighted by atomic mass is 14.9. The zero-order valence-corrected chi connectivity index (χ0v) is 32.3. The lowest BCUT2D eigenvalue weighted by atomic mass is 9.67. The number of hydrogen-bond acceptors (Lipinski definition) is 2. The molecule has 0 N–H and O–H groups in total. The summed E-state index contributed by atoms with van der Waals surface area (Å²) in [6.07, 6.45) is 0. The van der Waals surface area contributed by atoms with Gasteiger partial charge in [-0.25, -0.2) is 9.97 Å². The molecule has 1 aromatic heterocycles. The Hall–Kier alpha value is -7.68. The van der Waals surface area contributed by atoms with Gasteiger partial charge < -0.3 is 0 Å². The first-order chi connectivity index (χ1) is 29.3. The number of rotatable bonds is 7. The predicted octanol–water partition coefficient (Wildman–Crippen LogP) is 14.3. The Kier molecular flexibility index (Phi) is 8.41. The average molecular weight is 751 g/mol. The van der Waals surface area contributed by atoms with Gasteiger partial charge in [0.15, 0.2) is 5.82 Å². The monoisotopic (exact) mass is 750 g/mol. The topological polar surface area (TPSA) is 25.8 Å². The number of hydrogen-bond donors (Lipinski definition) is 0. The van der Waals surface area contributed by atoms with Gasteiger partial charge in [0.25, 0.3) is 0 Å². The Morgan fingerprint density at radius 1 is 0.271 bits per heavy atom. The molecule has 0 unspecified atom stereocenters. The van der Waals surface area contributed by atoms with Crippen molar-refractivity contribution in [3.63, 3.8) is 0 Å². The number of benzene rings is 9. The largest absolute Gasteiger partial charge is 0.228 e. The van der Waals surface area contributed by atoms with E-state index in [1.54, 1.807) is 0 Å². The Bertz CT molecular complexity index is 3080. The molecule has 0 aliphatic heterocycles. The van der Waals surface area contributed by atoms with Gasteiger partial charge in [0, 0.05) is 16.7 Å². The first-order valence-corrected chi connectivity index (χ1v) is 20.2. The van der Waals surface area contributed by atoms with E-state index in [4.69, 9.17) is 9.97 Å². The summed E-state index contributed by atoms with van der Waals surface area (Å²) in [4.78, 5) is 10.4. The molecule has 1 aliphatic rings. The van der Waals surface area contributed by atoms with Crippen molar-refractivity contribution in [2.75, 3.05) is 0 Å². The molecule has 0 atom stereocenters. The average Bonchev–Trinajstić information content (AvgIpc) is 3.62. The van der Waals surface area contributed by atoms with Crippen molar-refractivity contribution in [1.29, 1.82) is 0 Å². The van der Waals surface area contributed by atoms with E-state index in [0.717, 1.165) is 39.0 Å². The standard InChI is InChI=1S/C57H38N2/c1-5-17-39(18-6-1)40-29-31-42(32-30-40)56-58-54(41-19-7-2-8-20-41)38-55(59-56)50-35-34-46(47-25-13-14-26-48(47)50)43-33-36-53-51(37-43)49-27-15-16-28-52(49)57(53,44-21-9-3-10-22-44)45-23-11-4-12-24-45/h1-38H. The SMILES string of the molecule is c1ccc(-c2ccc(-c3nc(-c4ccccc4)cc(-c4ccc(-c5ccc6c(c5)-c5ccccc5C6(c5ccccc5)c5ccccc5)c5ccccc45)n3)cc2)cc1. The van der Waals surface area contributed by atoms with Gasteiger partial charge in [-0.1, -0.05) is 218 Å². The quantitative estimate of drug-likeness (QED) is 0.162. The summed E-state index contributed by atoms with van der Waals surface area (Å²) in [5, 5.41) is 2.33. The number of fused-ring (bicyclic) bond motifs is 4. The van der Waals surface area contributed by atoms with Crippen LogP contribution in [0.5, 0.6) is 0 Å². The smallest absolute Gasteiger partial charge is 0.160 e. The minimum absolute atomic E-state index is 0.429. The van der Waals surface area contributed by atoms with Gasteiger partial charge in [-0.15, -0.1) is 0 Å². The Labute approximate surface area is 344 Å². The molecule has 0 spiro atoms. The van der Waals surface area contributed by atoms with Crippen LogP contribution in [-0.2, 0) is 5.41 Å². The zero-order valence-electron chi connectivity index (χ0n) is 32.3. The van der Waals surface area contributed by atoms with Gasteiger partial charge in [0.2, 0.25) is 0 Å². The molecular formula is C57H38N2. The maximum atomic E-state index is 5.29. The molecule has 0 saturated heterocycles. The van der Waals surface area contributed by atoms with Gasteiger partial charge in [-0.2, -0.15) is 0 Å². The first kappa shape index (κ1) is 34.6. The number of aromatic nitrogens is 2. The van der Waals surface area contributed by atoms with Crippen molar-refractivity contribution < 1.29 is 0 Å². The Balaban J connectivity index is 1.06. The highest BCUT2D eigenvalue weighted by Crippen LogP contribution is 2.56.